The third kappa shape index (κ3) is 1.96. The van der Waals surface area contributed by atoms with Crippen LogP contribution in [0.25, 0.3) is 10.1 Å². The highest BCUT2D eigenvalue weighted by atomic mass is 79.9. The van der Waals surface area contributed by atoms with Crippen LogP contribution in [0.15, 0.2) is 26.5 Å². The molecule has 2 nitrogen and oxygen atoms in total. The zero-order valence-electron chi connectivity index (χ0n) is 7.71. The second-order valence-corrected chi connectivity index (χ2v) is 6.06. The Labute approximate surface area is 107 Å². The number of ether oxygens (including phenoxy) is 1. The van der Waals surface area contributed by atoms with Crippen LogP contribution in [0.5, 0.6) is 0 Å². The largest absolute Gasteiger partial charge is 0.465 e. The quantitative estimate of drug-likeness (QED) is 0.721. The number of rotatable bonds is 1. The Kier molecular flexibility index (Phi) is 3.13. The molecule has 1 aromatic carbocycles. The van der Waals surface area contributed by atoms with Gasteiger partial charge in [-0.3, -0.25) is 0 Å². The molecule has 0 aliphatic rings. The first-order chi connectivity index (χ1) is 7.13. The molecule has 1 heterocycles. The van der Waals surface area contributed by atoms with Gasteiger partial charge >= 0.3 is 5.97 Å². The summed E-state index contributed by atoms with van der Waals surface area (Å²) in [6, 6.07) is 5.51. The lowest BCUT2D eigenvalue weighted by Crippen LogP contribution is -1.99. The fourth-order valence-electron chi connectivity index (χ4n) is 1.28. The van der Waals surface area contributed by atoms with E-state index in [9.17, 15) is 4.79 Å². The molecular formula is C10H6Br2O2S. The number of hydrogen-bond donors (Lipinski definition) is 0. The van der Waals surface area contributed by atoms with Crippen molar-refractivity contribution in [3.05, 3.63) is 32.0 Å². The Hall–Kier alpha value is -0.390. The lowest BCUT2D eigenvalue weighted by molar-refractivity contribution is 0.0601. The second kappa shape index (κ2) is 4.23. The smallest absolute Gasteiger partial charge is 0.337 e. The van der Waals surface area contributed by atoms with Gasteiger partial charge in [0.15, 0.2) is 0 Å². The van der Waals surface area contributed by atoms with Gasteiger partial charge in [0, 0.05) is 10.1 Å². The van der Waals surface area contributed by atoms with Gasteiger partial charge in [-0.2, -0.15) is 0 Å². The first-order valence-corrected chi connectivity index (χ1v) is 6.49. The van der Waals surface area contributed by atoms with Crippen molar-refractivity contribution in [3.8, 4) is 0 Å². The van der Waals surface area contributed by atoms with Gasteiger partial charge in [0.25, 0.3) is 0 Å². The van der Waals surface area contributed by atoms with E-state index in [0.29, 0.717) is 5.56 Å². The molecule has 2 rings (SSSR count). The molecule has 0 aliphatic carbocycles. The number of carbonyl (C=O) groups excluding carboxylic acids is 1. The minimum atomic E-state index is -0.308. The number of methoxy groups -OCH3 is 1. The van der Waals surface area contributed by atoms with Gasteiger partial charge in [-0.25, -0.2) is 4.79 Å². The molecule has 0 saturated heterocycles. The van der Waals surface area contributed by atoms with Crippen LogP contribution >= 0.6 is 43.2 Å². The van der Waals surface area contributed by atoms with Crippen molar-refractivity contribution in [2.45, 2.75) is 0 Å². The van der Waals surface area contributed by atoms with Crippen LogP contribution in [0.2, 0.25) is 0 Å². The molecule has 0 amide bonds. The summed E-state index contributed by atoms with van der Waals surface area (Å²) >= 11 is 8.50. The summed E-state index contributed by atoms with van der Waals surface area (Å²) in [5.74, 6) is -0.308. The van der Waals surface area contributed by atoms with E-state index in [1.165, 1.54) is 7.11 Å². The van der Waals surface area contributed by atoms with Crippen LogP contribution in [-0.2, 0) is 4.74 Å². The van der Waals surface area contributed by atoms with Gasteiger partial charge in [0.1, 0.15) is 0 Å². The van der Waals surface area contributed by atoms with E-state index in [1.807, 2.05) is 12.1 Å². The van der Waals surface area contributed by atoms with Gasteiger partial charge < -0.3 is 4.74 Å². The number of fused-ring (bicyclic) bond motifs is 1. The molecule has 0 fully saturated rings. The summed E-state index contributed by atoms with van der Waals surface area (Å²) < 4.78 is 7.77. The van der Waals surface area contributed by atoms with Gasteiger partial charge in [-0.1, -0.05) is 6.07 Å². The Morgan fingerprint density at radius 3 is 2.80 bits per heavy atom. The van der Waals surface area contributed by atoms with E-state index in [-0.39, 0.29) is 5.97 Å². The van der Waals surface area contributed by atoms with Crippen molar-refractivity contribution in [2.75, 3.05) is 7.11 Å². The third-order valence-corrected chi connectivity index (χ3v) is 5.45. The second-order valence-electron chi connectivity index (χ2n) is 2.89. The van der Waals surface area contributed by atoms with Crippen molar-refractivity contribution >= 4 is 59.3 Å². The summed E-state index contributed by atoms with van der Waals surface area (Å²) in [5, 5.41) is 1.10. The molecule has 1 aromatic heterocycles. The predicted molar refractivity (Wildman–Crippen MR) is 68.6 cm³/mol. The minimum absolute atomic E-state index is 0.308. The number of carbonyl (C=O) groups is 1. The first-order valence-electron chi connectivity index (χ1n) is 4.09. The van der Waals surface area contributed by atoms with E-state index < -0.39 is 0 Å². The Bertz CT molecular complexity index is 533. The molecule has 0 N–H and O–H groups in total. The molecule has 0 radical (unpaired) electrons. The predicted octanol–water partition coefficient (Wildman–Crippen LogP) is 4.21. The lowest BCUT2D eigenvalue weighted by atomic mass is 10.2. The molecular weight excluding hydrogens is 344 g/mol. The van der Waals surface area contributed by atoms with Crippen molar-refractivity contribution in [2.24, 2.45) is 0 Å². The fourth-order valence-corrected chi connectivity index (χ4v) is 3.60. The summed E-state index contributed by atoms with van der Waals surface area (Å²) in [7, 11) is 1.38. The van der Waals surface area contributed by atoms with Gasteiger partial charge in [-0.15, -0.1) is 11.3 Å². The Morgan fingerprint density at radius 1 is 1.40 bits per heavy atom. The van der Waals surface area contributed by atoms with Crippen LogP contribution in [0.1, 0.15) is 10.4 Å². The van der Waals surface area contributed by atoms with Crippen molar-refractivity contribution in [3.63, 3.8) is 0 Å². The minimum Gasteiger partial charge on any atom is -0.465 e. The van der Waals surface area contributed by atoms with E-state index in [0.717, 1.165) is 18.3 Å². The molecule has 78 valence electrons. The summed E-state index contributed by atoms with van der Waals surface area (Å²) in [4.78, 5) is 11.3. The maximum Gasteiger partial charge on any atom is 0.337 e. The number of esters is 1. The summed E-state index contributed by atoms with van der Waals surface area (Å²) in [5.41, 5.74) is 0.575. The van der Waals surface area contributed by atoms with Crippen LogP contribution in [0.4, 0.5) is 0 Å². The summed E-state index contributed by atoms with van der Waals surface area (Å²) in [6.07, 6.45) is 0. The third-order valence-electron chi connectivity index (χ3n) is 2.01. The van der Waals surface area contributed by atoms with E-state index in [4.69, 9.17) is 0 Å². The monoisotopic (exact) mass is 348 g/mol. The zero-order chi connectivity index (χ0) is 11.0. The number of hydrogen-bond acceptors (Lipinski definition) is 3. The molecule has 15 heavy (non-hydrogen) atoms. The molecule has 0 unspecified atom stereocenters. The number of halogens is 2. The molecule has 0 spiro atoms. The van der Waals surface area contributed by atoms with Crippen LogP contribution in [-0.4, -0.2) is 13.1 Å². The normalized spacial score (nSPS) is 10.6. The zero-order valence-corrected chi connectivity index (χ0v) is 11.7. The van der Waals surface area contributed by atoms with Crippen molar-refractivity contribution < 1.29 is 9.53 Å². The maximum absolute atomic E-state index is 11.3. The van der Waals surface area contributed by atoms with Gasteiger partial charge in [0.05, 0.1) is 20.9 Å². The van der Waals surface area contributed by atoms with Crippen LogP contribution < -0.4 is 0 Å². The van der Waals surface area contributed by atoms with E-state index in [1.54, 1.807) is 17.4 Å². The van der Waals surface area contributed by atoms with E-state index in [2.05, 4.69) is 36.6 Å². The molecule has 0 saturated carbocycles. The van der Waals surface area contributed by atoms with Crippen LogP contribution in [0.3, 0.4) is 0 Å². The molecule has 5 heteroatoms. The van der Waals surface area contributed by atoms with E-state index >= 15 is 0 Å². The molecule has 0 aliphatic heterocycles. The Morgan fingerprint density at radius 2 is 2.13 bits per heavy atom. The highest BCUT2D eigenvalue weighted by Gasteiger charge is 2.11. The average molecular weight is 350 g/mol. The highest BCUT2D eigenvalue weighted by Crippen LogP contribution is 2.39. The highest BCUT2D eigenvalue weighted by molar-refractivity contribution is 9.13. The lowest BCUT2D eigenvalue weighted by Gasteiger charge is -1.98. The standard InChI is InChI=1S/C10H6Br2O2S/c1-14-10(13)5-2-3-6-7(4-5)15-9(12)8(6)11/h2-4H,1H3. The molecule has 0 atom stereocenters. The molecule has 0 bridgehead atoms. The topological polar surface area (TPSA) is 26.3 Å². The first kappa shape index (κ1) is 11.1. The van der Waals surface area contributed by atoms with Crippen molar-refractivity contribution in [1.29, 1.82) is 0 Å². The fraction of sp³-hybridized carbons (Fsp3) is 0.100. The Balaban J connectivity index is 2.62. The SMILES string of the molecule is COC(=O)c1ccc2c(Br)c(Br)sc2c1. The van der Waals surface area contributed by atoms with Gasteiger partial charge in [-0.05, 0) is 44.0 Å². The molecule has 2 aromatic rings. The maximum atomic E-state index is 11.3. The average Bonchev–Trinajstić information content (AvgIpc) is 2.53. The van der Waals surface area contributed by atoms with Crippen molar-refractivity contribution in [1.82, 2.24) is 0 Å². The summed E-state index contributed by atoms with van der Waals surface area (Å²) in [6.45, 7) is 0. The van der Waals surface area contributed by atoms with Gasteiger partial charge in [0.2, 0.25) is 0 Å². The van der Waals surface area contributed by atoms with Crippen LogP contribution in [0, 0.1) is 0 Å². The number of benzene rings is 1. The number of thiophene rings is 1.